The molecule has 0 saturated carbocycles. The molecular weight excluding hydrogens is 270 g/mol. The van der Waals surface area contributed by atoms with Crippen LogP contribution >= 0.6 is 12.4 Å². The second-order valence-corrected chi connectivity index (χ2v) is 4.50. The van der Waals surface area contributed by atoms with Gasteiger partial charge in [0.05, 0.1) is 13.2 Å². The molecule has 0 spiro atoms. The van der Waals surface area contributed by atoms with Gasteiger partial charge in [0.25, 0.3) is 0 Å². The van der Waals surface area contributed by atoms with Crippen molar-refractivity contribution in [2.24, 2.45) is 5.92 Å². The van der Waals surface area contributed by atoms with E-state index in [9.17, 15) is 9.59 Å². The Labute approximate surface area is 121 Å². The number of methoxy groups -OCH3 is 1. The summed E-state index contributed by atoms with van der Waals surface area (Å²) in [5.41, 5.74) is 0. The van der Waals surface area contributed by atoms with Gasteiger partial charge in [0.1, 0.15) is 0 Å². The van der Waals surface area contributed by atoms with Gasteiger partial charge in [-0.05, 0) is 7.05 Å². The molecule has 1 N–H and O–H groups in total. The number of amides is 2. The highest BCUT2D eigenvalue weighted by atomic mass is 35.5. The molecule has 0 aromatic heterocycles. The van der Waals surface area contributed by atoms with Crippen LogP contribution < -0.4 is 5.32 Å². The number of nitrogens with one attached hydrogen (secondary N) is 1. The predicted octanol–water partition coefficient (Wildman–Crippen LogP) is -0.173. The van der Waals surface area contributed by atoms with Gasteiger partial charge in [0.2, 0.25) is 11.8 Å². The first-order valence-electron chi connectivity index (χ1n) is 6.06. The zero-order chi connectivity index (χ0) is 14.1. The molecule has 19 heavy (non-hydrogen) atoms. The standard InChI is InChI=1S/C12H25N3O3.ClH/c1-10(8-13-2)12(17)15(6-7-18-5)9-11(16)14(3)4;/h10,13H,6-9H2,1-5H3;1H. The van der Waals surface area contributed by atoms with Crippen LogP contribution in [0.25, 0.3) is 0 Å². The molecule has 0 fully saturated rings. The van der Waals surface area contributed by atoms with E-state index in [1.165, 1.54) is 4.90 Å². The molecule has 114 valence electrons. The average molecular weight is 296 g/mol. The summed E-state index contributed by atoms with van der Waals surface area (Å²) in [6.07, 6.45) is 0. The molecule has 0 radical (unpaired) electrons. The van der Waals surface area contributed by atoms with Crippen molar-refractivity contribution in [3.8, 4) is 0 Å². The van der Waals surface area contributed by atoms with Crippen LogP contribution in [0.4, 0.5) is 0 Å². The molecule has 0 aromatic rings. The molecule has 1 atom stereocenters. The fraction of sp³-hybridized carbons (Fsp3) is 0.833. The lowest BCUT2D eigenvalue weighted by Crippen LogP contribution is -2.45. The molecule has 2 amide bonds. The molecule has 0 rings (SSSR count). The highest BCUT2D eigenvalue weighted by Gasteiger charge is 2.22. The number of ether oxygens (including phenoxy) is 1. The minimum absolute atomic E-state index is 0. The Morgan fingerprint density at radius 1 is 1.32 bits per heavy atom. The summed E-state index contributed by atoms with van der Waals surface area (Å²) in [6.45, 7) is 3.40. The highest BCUT2D eigenvalue weighted by molar-refractivity contribution is 5.86. The van der Waals surface area contributed by atoms with Gasteiger partial charge in [-0.15, -0.1) is 12.4 Å². The Morgan fingerprint density at radius 3 is 2.32 bits per heavy atom. The van der Waals surface area contributed by atoms with Crippen molar-refractivity contribution in [3.05, 3.63) is 0 Å². The van der Waals surface area contributed by atoms with Gasteiger partial charge in [0, 0.05) is 40.2 Å². The predicted molar refractivity (Wildman–Crippen MR) is 77.5 cm³/mol. The van der Waals surface area contributed by atoms with E-state index in [2.05, 4.69) is 5.32 Å². The molecule has 0 aliphatic heterocycles. The second kappa shape index (κ2) is 11.0. The number of halogens is 1. The van der Waals surface area contributed by atoms with Gasteiger partial charge in [-0.2, -0.15) is 0 Å². The highest BCUT2D eigenvalue weighted by Crippen LogP contribution is 2.02. The van der Waals surface area contributed by atoms with Crippen LogP contribution in [0.1, 0.15) is 6.92 Å². The number of rotatable bonds is 8. The molecule has 0 aliphatic carbocycles. The molecule has 0 bridgehead atoms. The Bertz CT molecular complexity index is 275. The largest absolute Gasteiger partial charge is 0.383 e. The van der Waals surface area contributed by atoms with Gasteiger partial charge in [-0.3, -0.25) is 9.59 Å². The number of carbonyl (C=O) groups is 2. The zero-order valence-electron chi connectivity index (χ0n) is 12.4. The van der Waals surface area contributed by atoms with Crippen molar-refractivity contribution in [2.75, 3.05) is 54.5 Å². The van der Waals surface area contributed by atoms with Gasteiger partial charge < -0.3 is 19.9 Å². The first-order chi connectivity index (χ1) is 8.43. The molecule has 1 unspecified atom stereocenters. The number of carbonyl (C=O) groups excluding carboxylic acids is 2. The average Bonchev–Trinajstić information content (AvgIpc) is 2.33. The van der Waals surface area contributed by atoms with Crippen molar-refractivity contribution in [1.29, 1.82) is 0 Å². The first kappa shape index (κ1) is 20.5. The van der Waals surface area contributed by atoms with Crippen LogP contribution in [0.3, 0.4) is 0 Å². The van der Waals surface area contributed by atoms with Crippen molar-refractivity contribution < 1.29 is 14.3 Å². The van der Waals surface area contributed by atoms with Crippen molar-refractivity contribution in [1.82, 2.24) is 15.1 Å². The van der Waals surface area contributed by atoms with E-state index in [0.717, 1.165) is 0 Å². The van der Waals surface area contributed by atoms with Crippen LogP contribution in [-0.2, 0) is 14.3 Å². The van der Waals surface area contributed by atoms with Gasteiger partial charge in [-0.25, -0.2) is 0 Å². The molecule has 0 aromatic carbocycles. The summed E-state index contributed by atoms with van der Waals surface area (Å²) in [5, 5.41) is 2.96. The summed E-state index contributed by atoms with van der Waals surface area (Å²) < 4.78 is 4.97. The van der Waals surface area contributed by atoms with Gasteiger partial charge >= 0.3 is 0 Å². The van der Waals surface area contributed by atoms with E-state index >= 15 is 0 Å². The maximum Gasteiger partial charge on any atom is 0.241 e. The quantitative estimate of drug-likeness (QED) is 0.675. The summed E-state index contributed by atoms with van der Waals surface area (Å²) in [5.74, 6) is -0.269. The SMILES string of the molecule is CNCC(C)C(=O)N(CCOC)CC(=O)N(C)C.Cl. The van der Waals surface area contributed by atoms with E-state index in [0.29, 0.717) is 19.7 Å². The molecular formula is C12H26ClN3O3. The summed E-state index contributed by atoms with van der Waals surface area (Å²) in [4.78, 5) is 26.9. The van der Waals surface area contributed by atoms with E-state index in [-0.39, 0.29) is 36.7 Å². The Hall–Kier alpha value is -0.850. The summed E-state index contributed by atoms with van der Waals surface area (Å²) >= 11 is 0. The van der Waals surface area contributed by atoms with Crippen molar-refractivity contribution >= 4 is 24.2 Å². The Balaban J connectivity index is 0. The molecule has 7 heteroatoms. The molecule has 0 heterocycles. The third kappa shape index (κ3) is 8.02. The maximum absolute atomic E-state index is 12.2. The van der Waals surface area contributed by atoms with Gasteiger partial charge in [-0.1, -0.05) is 6.92 Å². The van der Waals surface area contributed by atoms with Crippen LogP contribution in [-0.4, -0.2) is 76.1 Å². The minimum atomic E-state index is -0.151. The van der Waals surface area contributed by atoms with Crippen LogP contribution in [0.2, 0.25) is 0 Å². The fourth-order valence-electron chi connectivity index (χ4n) is 1.48. The maximum atomic E-state index is 12.2. The lowest BCUT2D eigenvalue weighted by Gasteiger charge is -2.26. The van der Waals surface area contributed by atoms with E-state index in [4.69, 9.17) is 4.74 Å². The topological polar surface area (TPSA) is 61.9 Å². The Morgan fingerprint density at radius 2 is 1.89 bits per heavy atom. The lowest BCUT2D eigenvalue weighted by molar-refractivity contribution is -0.142. The van der Waals surface area contributed by atoms with E-state index < -0.39 is 0 Å². The van der Waals surface area contributed by atoms with Crippen molar-refractivity contribution in [3.63, 3.8) is 0 Å². The normalized spacial score (nSPS) is 11.4. The summed E-state index contributed by atoms with van der Waals surface area (Å²) in [6, 6.07) is 0. The lowest BCUT2D eigenvalue weighted by atomic mass is 10.1. The Kier molecular flexibility index (Phi) is 11.9. The number of likely N-dealkylation sites (N-methyl/N-ethyl adjacent to an activating group) is 1. The van der Waals surface area contributed by atoms with Gasteiger partial charge in [0.15, 0.2) is 0 Å². The minimum Gasteiger partial charge on any atom is -0.383 e. The number of hydrogen-bond acceptors (Lipinski definition) is 4. The molecule has 0 aliphatic rings. The third-order valence-corrected chi connectivity index (χ3v) is 2.63. The second-order valence-electron chi connectivity index (χ2n) is 4.50. The van der Waals surface area contributed by atoms with E-state index in [1.54, 1.807) is 33.2 Å². The van der Waals surface area contributed by atoms with Crippen LogP contribution in [0.5, 0.6) is 0 Å². The fourth-order valence-corrected chi connectivity index (χ4v) is 1.48. The smallest absolute Gasteiger partial charge is 0.241 e. The summed E-state index contributed by atoms with van der Waals surface area (Å²) in [7, 11) is 6.73. The van der Waals surface area contributed by atoms with Crippen LogP contribution in [0.15, 0.2) is 0 Å². The van der Waals surface area contributed by atoms with Crippen molar-refractivity contribution in [2.45, 2.75) is 6.92 Å². The number of hydrogen-bond donors (Lipinski definition) is 1. The molecule has 6 nitrogen and oxygen atoms in total. The monoisotopic (exact) mass is 295 g/mol. The number of nitrogens with zero attached hydrogens (tertiary/aromatic N) is 2. The zero-order valence-corrected chi connectivity index (χ0v) is 13.2. The third-order valence-electron chi connectivity index (χ3n) is 2.63. The first-order valence-corrected chi connectivity index (χ1v) is 6.06. The van der Waals surface area contributed by atoms with E-state index in [1.807, 2.05) is 6.92 Å². The van der Waals surface area contributed by atoms with Crippen LogP contribution in [0, 0.1) is 5.92 Å². The molecule has 0 saturated heterocycles.